The summed E-state index contributed by atoms with van der Waals surface area (Å²) in [6.45, 7) is -1.44. The van der Waals surface area contributed by atoms with Gasteiger partial charge < -0.3 is 11.1 Å². The first-order valence-corrected chi connectivity index (χ1v) is 5.49. The summed E-state index contributed by atoms with van der Waals surface area (Å²) in [5, 5.41) is 1.73. The second-order valence-corrected chi connectivity index (χ2v) is 4.13. The van der Waals surface area contributed by atoms with Crippen molar-refractivity contribution in [2.75, 3.05) is 6.54 Å². The lowest BCUT2D eigenvalue weighted by Crippen LogP contribution is -2.41. The molecular weight excluding hydrogens is 284 g/mol. The van der Waals surface area contributed by atoms with Gasteiger partial charge in [-0.25, -0.2) is 8.78 Å². The Morgan fingerprint density at radius 2 is 1.95 bits per heavy atom. The fraction of sp³-hybridized carbons (Fsp3) is 0.273. The van der Waals surface area contributed by atoms with E-state index in [-0.39, 0.29) is 10.6 Å². The number of rotatable bonds is 5. The molecule has 0 unspecified atom stereocenters. The maximum Gasteiger partial charge on any atom is 0.324 e. The van der Waals surface area contributed by atoms with Gasteiger partial charge in [0.2, 0.25) is 0 Å². The van der Waals surface area contributed by atoms with Crippen LogP contribution >= 0.6 is 12.2 Å². The van der Waals surface area contributed by atoms with Gasteiger partial charge in [0.05, 0.1) is 6.54 Å². The molecule has 0 aliphatic heterocycles. The van der Waals surface area contributed by atoms with E-state index < -0.39 is 24.8 Å². The Morgan fingerprint density at radius 3 is 2.47 bits per heavy atom. The van der Waals surface area contributed by atoms with Gasteiger partial charge >= 0.3 is 12.3 Å². The zero-order chi connectivity index (χ0) is 14.6. The van der Waals surface area contributed by atoms with Gasteiger partial charge in [-0.3, -0.25) is 4.79 Å². The standard InChI is InChI=1S/C11H10F4N2OS/c12-10(13)11(14,15)5-17-9(18)7-3-1-2-6(4-7)8(16)19/h1-4,10H,5H2,(H2,16,19)(H,17,18). The van der Waals surface area contributed by atoms with Gasteiger partial charge in [-0.1, -0.05) is 24.4 Å². The SMILES string of the molecule is NC(=S)c1cccc(C(=O)NCC(F)(F)C(F)F)c1. The van der Waals surface area contributed by atoms with Crippen molar-refractivity contribution in [2.45, 2.75) is 12.3 Å². The largest absolute Gasteiger partial charge is 0.389 e. The van der Waals surface area contributed by atoms with Crippen molar-refractivity contribution < 1.29 is 22.4 Å². The molecule has 0 aliphatic carbocycles. The maximum absolute atomic E-state index is 12.6. The highest BCUT2D eigenvalue weighted by atomic mass is 32.1. The molecule has 0 atom stereocenters. The lowest BCUT2D eigenvalue weighted by molar-refractivity contribution is -0.123. The molecule has 8 heteroatoms. The zero-order valence-electron chi connectivity index (χ0n) is 9.50. The maximum atomic E-state index is 12.6. The zero-order valence-corrected chi connectivity index (χ0v) is 10.3. The lowest BCUT2D eigenvalue weighted by Gasteiger charge is -2.15. The van der Waals surface area contributed by atoms with Crippen LogP contribution in [0.4, 0.5) is 17.6 Å². The molecule has 0 aliphatic rings. The number of carbonyl (C=O) groups excluding carboxylic acids is 1. The van der Waals surface area contributed by atoms with Gasteiger partial charge in [0.15, 0.2) is 0 Å². The van der Waals surface area contributed by atoms with Gasteiger partial charge in [0.1, 0.15) is 4.99 Å². The van der Waals surface area contributed by atoms with Gasteiger partial charge in [-0.15, -0.1) is 0 Å². The summed E-state index contributed by atoms with van der Waals surface area (Å²) in [6.07, 6.45) is -3.84. The molecule has 0 fully saturated rings. The van der Waals surface area contributed by atoms with Crippen LogP contribution in [0.15, 0.2) is 24.3 Å². The minimum atomic E-state index is -4.27. The molecule has 0 spiro atoms. The molecule has 104 valence electrons. The van der Waals surface area contributed by atoms with E-state index in [1.807, 2.05) is 0 Å². The summed E-state index contributed by atoms with van der Waals surface area (Å²) in [6, 6.07) is 5.61. The third kappa shape index (κ3) is 4.16. The van der Waals surface area contributed by atoms with E-state index in [1.165, 1.54) is 24.3 Å². The van der Waals surface area contributed by atoms with Crippen molar-refractivity contribution in [2.24, 2.45) is 5.73 Å². The monoisotopic (exact) mass is 294 g/mol. The smallest absolute Gasteiger partial charge is 0.324 e. The topological polar surface area (TPSA) is 55.1 Å². The molecule has 0 saturated carbocycles. The Morgan fingerprint density at radius 1 is 1.37 bits per heavy atom. The summed E-state index contributed by atoms with van der Waals surface area (Å²) >= 11 is 4.69. The van der Waals surface area contributed by atoms with Crippen LogP contribution in [0.5, 0.6) is 0 Å². The number of alkyl halides is 4. The number of amides is 1. The van der Waals surface area contributed by atoms with Gasteiger partial charge in [0, 0.05) is 11.1 Å². The van der Waals surface area contributed by atoms with Crippen molar-refractivity contribution in [1.29, 1.82) is 0 Å². The average Bonchev–Trinajstić information content (AvgIpc) is 2.36. The molecule has 0 saturated heterocycles. The van der Waals surface area contributed by atoms with Crippen LogP contribution in [-0.2, 0) is 0 Å². The van der Waals surface area contributed by atoms with Crippen LogP contribution < -0.4 is 11.1 Å². The van der Waals surface area contributed by atoms with E-state index in [0.717, 1.165) is 0 Å². The molecule has 3 N–H and O–H groups in total. The summed E-state index contributed by atoms with van der Waals surface area (Å²) in [7, 11) is 0. The number of halogens is 4. The van der Waals surface area contributed by atoms with Crippen LogP contribution in [0.1, 0.15) is 15.9 Å². The van der Waals surface area contributed by atoms with Crippen molar-refractivity contribution in [3.05, 3.63) is 35.4 Å². The summed E-state index contributed by atoms with van der Waals surface area (Å²) in [5.74, 6) is -5.17. The van der Waals surface area contributed by atoms with Crippen molar-refractivity contribution in [3.63, 3.8) is 0 Å². The van der Waals surface area contributed by atoms with Crippen molar-refractivity contribution in [1.82, 2.24) is 5.32 Å². The van der Waals surface area contributed by atoms with E-state index in [9.17, 15) is 22.4 Å². The Hall–Kier alpha value is -1.70. The van der Waals surface area contributed by atoms with Crippen LogP contribution in [-0.4, -0.2) is 29.8 Å². The number of nitrogens with one attached hydrogen (secondary N) is 1. The van der Waals surface area contributed by atoms with Crippen LogP contribution in [0.2, 0.25) is 0 Å². The lowest BCUT2D eigenvalue weighted by atomic mass is 10.1. The Balaban J connectivity index is 2.74. The predicted octanol–water partition coefficient (Wildman–Crippen LogP) is 1.95. The second-order valence-electron chi connectivity index (χ2n) is 3.69. The first kappa shape index (κ1) is 15.4. The summed E-state index contributed by atoms with van der Waals surface area (Å²) in [5.41, 5.74) is 5.73. The molecule has 1 rings (SSSR count). The number of hydrogen-bond donors (Lipinski definition) is 2. The first-order chi connectivity index (χ1) is 8.74. The number of hydrogen-bond acceptors (Lipinski definition) is 2. The molecule has 0 heterocycles. The highest BCUT2D eigenvalue weighted by molar-refractivity contribution is 7.80. The Bertz CT molecular complexity index is 493. The fourth-order valence-corrected chi connectivity index (χ4v) is 1.32. The average molecular weight is 294 g/mol. The third-order valence-corrected chi connectivity index (χ3v) is 2.45. The van der Waals surface area contributed by atoms with Crippen LogP contribution in [0, 0.1) is 0 Å². The normalized spacial score (nSPS) is 11.4. The number of nitrogens with two attached hydrogens (primary N) is 1. The highest BCUT2D eigenvalue weighted by Crippen LogP contribution is 2.21. The van der Waals surface area contributed by atoms with E-state index in [0.29, 0.717) is 5.56 Å². The minimum absolute atomic E-state index is 0.00960. The summed E-state index contributed by atoms with van der Waals surface area (Å²) in [4.78, 5) is 11.6. The Labute approximate surface area is 111 Å². The molecule has 0 aromatic heterocycles. The number of benzene rings is 1. The van der Waals surface area contributed by atoms with Crippen molar-refractivity contribution in [3.8, 4) is 0 Å². The van der Waals surface area contributed by atoms with Crippen LogP contribution in [0.3, 0.4) is 0 Å². The van der Waals surface area contributed by atoms with Crippen molar-refractivity contribution >= 4 is 23.1 Å². The minimum Gasteiger partial charge on any atom is -0.389 e. The number of carbonyl (C=O) groups is 1. The van der Waals surface area contributed by atoms with E-state index in [1.54, 1.807) is 5.32 Å². The van der Waals surface area contributed by atoms with Crippen LogP contribution in [0.25, 0.3) is 0 Å². The summed E-state index contributed by atoms with van der Waals surface area (Å²) < 4.78 is 49.0. The molecule has 19 heavy (non-hydrogen) atoms. The molecule has 3 nitrogen and oxygen atoms in total. The Kier molecular flexibility index (Phi) is 4.82. The van der Waals surface area contributed by atoms with E-state index in [4.69, 9.17) is 18.0 Å². The predicted molar refractivity (Wildman–Crippen MR) is 65.6 cm³/mol. The van der Waals surface area contributed by atoms with Gasteiger partial charge in [-0.05, 0) is 12.1 Å². The molecule has 0 radical (unpaired) electrons. The highest BCUT2D eigenvalue weighted by Gasteiger charge is 2.40. The first-order valence-electron chi connectivity index (χ1n) is 5.08. The molecule has 1 aromatic rings. The fourth-order valence-electron chi connectivity index (χ4n) is 1.19. The second kappa shape index (κ2) is 5.96. The molecule has 0 bridgehead atoms. The van der Waals surface area contributed by atoms with Gasteiger partial charge in [0.25, 0.3) is 5.91 Å². The van der Waals surface area contributed by atoms with Gasteiger partial charge in [-0.2, -0.15) is 8.78 Å². The quantitative estimate of drug-likeness (QED) is 0.644. The van der Waals surface area contributed by atoms with E-state index >= 15 is 0 Å². The number of thiocarbonyl (C=S) groups is 1. The van der Waals surface area contributed by atoms with E-state index in [2.05, 4.69) is 0 Å². The third-order valence-electron chi connectivity index (χ3n) is 2.21. The molecule has 1 aromatic carbocycles. The molecule has 1 amide bonds. The molecular formula is C11H10F4N2OS.